The van der Waals surface area contributed by atoms with E-state index in [2.05, 4.69) is 19.9 Å². The van der Waals surface area contributed by atoms with Crippen LogP contribution in [0.2, 0.25) is 5.02 Å². The predicted molar refractivity (Wildman–Crippen MR) is 123 cm³/mol. The fourth-order valence-electron chi connectivity index (χ4n) is 3.83. The Morgan fingerprint density at radius 2 is 2.06 bits per heavy atom. The molecular formula is C24H20ClN5O2. The van der Waals surface area contributed by atoms with Crippen LogP contribution < -0.4 is 10.9 Å². The lowest BCUT2D eigenvalue weighted by atomic mass is 10.0. The van der Waals surface area contributed by atoms with Crippen LogP contribution in [-0.4, -0.2) is 33.7 Å². The van der Waals surface area contributed by atoms with Crippen molar-refractivity contribution in [2.45, 2.75) is 13.5 Å². The Hall–Kier alpha value is -3.71. The van der Waals surface area contributed by atoms with Gasteiger partial charge in [-0.05, 0) is 37.3 Å². The molecule has 7 nitrogen and oxygen atoms in total. The molecule has 32 heavy (non-hydrogen) atoms. The molecule has 2 aromatic rings. The molecule has 0 spiro atoms. The summed E-state index contributed by atoms with van der Waals surface area (Å²) in [6.07, 6.45) is 1.77. The van der Waals surface area contributed by atoms with Gasteiger partial charge in [0, 0.05) is 41.0 Å². The van der Waals surface area contributed by atoms with Crippen molar-refractivity contribution in [1.29, 1.82) is 0 Å². The molecule has 0 saturated heterocycles. The van der Waals surface area contributed by atoms with Gasteiger partial charge in [-0.1, -0.05) is 35.9 Å². The number of hydrogen-bond acceptors (Lipinski definition) is 6. The van der Waals surface area contributed by atoms with E-state index in [-0.39, 0.29) is 5.97 Å². The molecule has 0 unspecified atom stereocenters. The maximum atomic E-state index is 12.0. The van der Waals surface area contributed by atoms with Crippen LogP contribution >= 0.6 is 11.6 Å². The molecule has 2 aromatic carbocycles. The van der Waals surface area contributed by atoms with Crippen LogP contribution in [0.5, 0.6) is 0 Å². The molecule has 8 heteroatoms. The number of nitrogens with one attached hydrogen (secondary N) is 1. The lowest BCUT2D eigenvalue weighted by molar-refractivity contribution is 0.0526. The maximum absolute atomic E-state index is 12.0. The number of hydrogen-bond donors (Lipinski definition) is 1. The van der Waals surface area contributed by atoms with Gasteiger partial charge < -0.3 is 14.6 Å². The number of rotatable bonds is 4. The molecule has 3 aliphatic rings. The van der Waals surface area contributed by atoms with Crippen LogP contribution in [0, 0.1) is 0 Å². The third kappa shape index (κ3) is 3.71. The zero-order valence-electron chi connectivity index (χ0n) is 17.4. The number of aromatic nitrogens is 3. The molecule has 0 aliphatic carbocycles. The number of benzene rings is 2. The summed E-state index contributed by atoms with van der Waals surface area (Å²) in [5.41, 5.74) is 4.21. The number of ether oxygens (including phenoxy) is 1. The van der Waals surface area contributed by atoms with E-state index >= 15 is 0 Å². The Balaban J connectivity index is 1.61. The van der Waals surface area contributed by atoms with Gasteiger partial charge in [0.15, 0.2) is 0 Å². The first-order valence-corrected chi connectivity index (χ1v) is 10.7. The highest BCUT2D eigenvalue weighted by Gasteiger charge is 2.22. The van der Waals surface area contributed by atoms with E-state index in [1.807, 2.05) is 30.3 Å². The summed E-state index contributed by atoms with van der Waals surface area (Å²) < 4.78 is 7.19. The minimum Gasteiger partial charge on any atom is -0.462 e. The zero-order valence-corrected chi connectivity index (χ0v) is 18.1. The second-order valence-corrected chi connectivity index (χ2v) is 7.70. The molecule has 0 bridgehead atoms. The Morgan fingerprint density at radius 1 is 1.19 bits per heavy atom. The lowest BCUT2D eigenvalue weighted by Crippen LogP contribution is -2.17. The van der Waals surface area contributed by atoms with Gasteiger partial charge in [-0.3, -0.25) is 0 Å². The molecule has 0 atom stereocenters. The van der Waals surface area contributed by atoms with Crippen molar-refractivity contribution in [2.24, 2.45) is 4.99 Å². The second-order valence-electron chi connectivity index (χ2n) is 7.30. The minimum atomic E-state index is -0.379. The van der Waals surface area contributed by atoms with Crippen LogP contribution in [0.4, 0.5) is 11.5 Å². The van der Waals surface area contributed by atoms with Gasteiger partial charge in [0.25, 0.3) is 5.62 Å². The summed E-state index contributed by atoms with van der Waals surface area (Å²) in [5, 5.41) is 4.14. The van der Waals surface area contributed by atoms with Gasteiger partial charge in [-0.25, -0.2) is 14.8 Å². The van der Waals surface area contributed by atoms with Crippen molar-refractivity contribution >= 4 is 29.1 Å². The fraction of sp³-hybridized carbons (Fsp3) is 0.167. The SMILES string of the molecule is CCOC(=O)c1cccc(N=c2ncc3cc(-c4ccccc4Cl)c4n(c-3n2)CCN4)c1. The Morgan fingerprint density at radius 3 is 2.91 bits per heavy atom. The molecule has 1 N–H and O–H groups in total. The zero-order chi connectivity index (χ0) is 22.1. The number of nitrogens with zero attached hydrogens (tertiary/aromatic N) is 4. The van der Waals surface area contributed by atoms with Crippen molar-refractivity contribution in [3.8, 4) is 22.5 Å². The van der Waals surface area contributed by atoms with Gasteiger partial charge in [0.1, 0.15) is 11.6 Å². The summed E-state index contributed by atoms with van der Waals surface area (Å²) in [6, 6.07) is 16.8. The molecule has 0 fully saturated rings. The van der Waals surface area contributed by atoms with Gasteiger partial charge in [-0.2, -0.15) is 4.98 Å². The Bertz CT molecular complexity index is 1360. The minimum absolute atomic E-state index is 0.320. The lowest BCUT2D eigenvalue weighted by Gasteiger charge is -2.17. The number of esters is 1. The third-order valence-corrected chi connectivity index (χ3v) is 5.57. The van der Waals surface area contributed by atoms with Crippen LogP contribution in [0.25, 0.3) is 22.5 Å². The monoisotopic (exact) mass is 445 g/mol. The van der Waals surface area contributed by atoms with E-state index in [1.54, 1.807) is 37.4 Å². The van der Waals surface area contributed by atoms with Crippen LogP contribution in [0.1, 0.15) is 17.3 Å². The van der Waals surface area contributed by atoms with Gasteiger partial charge in [0.05, 0.1) is 17.9 Å². The quantitative estimate of drug-likeness (QED) is 0.466. The molecule has 3 aliphatic heterocycles. The third-order valence-electron chi connectivity index (χ3n) is 5.24. The van der Waals surface area contributed by atoms with Crippen LogP contribution in [0.3, 0.4) is 0 Å². The number of anilines is 1. The highest BCUT2D eigenvalue weighted by Crippen LogP contribution is 2.39. The Labute approximate surface area is 189 Å². The molecule has 160 valence electrons. The van der Waals surface area contributed by atoms with Gasteiger partial charge in [0.2, 0.25) is 0 Å². The second kappa shape index (κ2) is 8.43. The number of carbonyl (C=O) groups excluding carboxylic acids is 1. The van der Waals surface area contributed by atoms with E-state index in [0.29, 0.717) is 28.5 Å². The van der Waals surface area contributed by atoms with E-state index < -0.39 is 0 Å². The smallest absolute Gasteiger partial charge is 0.338 e. The molecule has 0 radical (unpaired) electrons. The molecular weight excluding hydrogens is 426 g/mol. The predicted octanol–water partition coefficient (Wildman–Crippen LogP) is 4.54. The van der Waals surface area contributed by atoms with E-state index in [0.717, 1.165) is 41.4 Å². The van der Waals surface area contributed by atoms with E-state index in [9.17, 15) is 4.79 Å². The van der Waals surface area contributed by atoms with Crippen molar-refractivity contribution in [2.75, 3.05) is 18.5 Å². The molecule has 0 aromatic heterocycles. The van der Waals surface area contributed by atoms with E-state index in [4.69, 9.17) is 21.3 Å². The normalized spacial score (nSPS) is 13.1. The first-order valence-electron chi connectivity index (χ1n) is 10.4. The summed E-state index contributed by atoms with van der Waals surface area (Å²) in [4.78, 5) is 25.7. The number of halogens is 1. The molecule has 3 heterocycles. The van der Waals surface area contributed by atoms with Crippen molar-refractivity contribution in [1.82, 2.24) is 14.5 Å². The van der Waals surface area contributed by atoms with Crippen LogP contribution in [0.15, 0.2) is 65.8 Å². The van der Waals surface area contributed by atoms with Crippen LogP contribution in [-0.2, 0) is 11.3 Å². The fourth-order valence-corrected chi connectivity index (χ4v) is 4.07. The number of fused-ring (bicyclic) bond motifs is 3. The standard InChI is InChI=1S/C24H20ClN5O2/c1-2-32-23(31)15-6-5-7-17(12-15)28-24-27-14-16-13-19(18-8-3-4-9-20(18)25)22-26-10-11-30(22)21(16)29-24/h3-9,12-14,26H,2,10-11H2,1H3. The number of carbonyl (C=O) groups is 1. The summed E-state index contributed by atoms with van der Waals surface area (Å²) in [6.45, 7) is 3.67. The topological polar surface area (TPSA) is 81.4 Å². The molecule has 0 amide bonds. The maximum Gasteiger partial charge on any atom is 0.338 e. The Kier molecular flexibility index (Phi) is 5.33. The molecule has 5 rings (SSSR count). The largest absolute Gasteiger partial charge is 0.462 e. The van der Waals surface area contributed by atoms with Crippen molar-refractivity contribution in [3.05, 3.63) is 77.0 Å². The summed E-state index contributed by atoms with van der Waals surface area (Å²) in [7, 11) is 0. The average Bonchev–Trinajstić information content (AvgIpc) is 3.30. The number of pyridine rings is 1. The van der Waals surface area contributed by atoms with Gasteiger partial charge >= 0.3 is 5.97 Å². The first-order chi connectivity index (χ1) is 15.6. The van der Waals surface area contributed by atoms with E-state index in [1.165, 1.54) is 0 Å². The van der Waals surface area contributed by atoms with Gasteiger partial charge in [-0.15, -0.1) is 0 Å². The highest BCUT2D eigenvalue weighted by molar-refractivity contribution is 6.33. The summed E-state index contributed by atoms with van der Waals surface area (Å²) in [5.74, 6) is 1.38. The van der Waals surface area contributed by atoms with Crippen molar-refractivity contribution < 1.29 is 9.53 Å². The first kappa shape index (κ1) is 20.2. The molecule has 0 saturated carbocycles. The highest BCUT2D eigenvalue weighted by atomic mass is 35.5. The summed E-state index contributed by atoms with van der Waals surface area (Å²) >= 11 is 6.47. The van der Waals surface area contributed by atoms with Crippen molar-refractivity contribution in [3.63, 3.8) is 0 Å². The average molecular weight is 446 g/mol.